The van der Waals surface area contributed by atoms with Crippen LogP contribution in [0.3, 0.4) is 0 Å². The van der Waals surface area contributed by atoms with Crippen molar-refractivity contribution in [2.45, 2.75) is 70.0 Å². The van der Waals surface area contributed by atoms with E-state index in [1.165, 1.54) is 12.8 Å². The summed E-state index contributed by atoms with van der Waals surface area (Å²) in [5, 5.41) is 1.10. The number of aromatic nitrogens is 6. The molecule has 5 aromatic rings. The molecule has 9 rings (SSSR count). The summed E-state index contributed by atoms with van der Waals surface area (Å²) in [6.45, 7) is 6.06. The average Bonchev–Trinajstić information content (AvgIpc) is 3.58. The van der Waals surface area contributed by atoms with Gasteiger partial charge in [-0.3, -0.25) is 4.79 Å². The minimum Gasteiger partial charge on any atom is -0.494 e. The van der Waals surface area contributed by atoms with Gasteiger partial charge >= 0.3 is 0 Å². The Hall–Kier alpha value is -4.45. The van der Waals surface area contributed by atoms with E-state index >= 15 is 0 Å². The van der Waals surface area contributed by atoms with Crippen molar-refractivity contribution in [3.05, 3.63) is 60.2 Å². The molecule has 2 bridgehead atoms. The quantitative estimate of drug-likeness (QED) is 0.242. The highest BCUT2D eigenvalue weighted by molar-refractivity contribution is 6.17. The zero-order valence-corrected chi connectivity index (χ0v) is 28.3. The van der Waals surface area contributed by atoms with Crippen molar-refractivity contribution in [2.75, 3.05) is 31.6 Å². The average molecular weight is 656 g/mol. The largest absolute Gasteiger partial charge is 0.494 e. The second-order valence-corrected chi connectivity index (χ2v) is 14.7. The van der Waals surface area contributed by atoms with Gasteiger partial charge in [-0.15, -0.1) is 0 Å². The minimum absolute atomic E-state index is 0.0665. The van der Waals surface area contributed by atoms with Crippen molar-refractivity contribution in [1.29, 1.82) is 0 Å². The smallest absolute Gasteiger partial charge is 0.254 e. The van der Waals surface area contributed by atoms with Gasteiger partial charge in [-0.25, -0.2) is 19.9 Å². The fourth-order valence-electron chi connectivity index (χ4n) is 8.68. The Kier molecular flexibility index (Phi) is 7.23. The minimum atomic E-state index is -0.844. The van der Waals surface area contributed by atoms with E-state index in [4.69, 9.17) is 28.3 Å². The van der Waals surface area contributed by atoms with Crippen LogP contribution in [-0.2, 0) is 13.1 Å². The molecule has 12 heteroatoms. The predicted molar refractivity (Wildman–Crippen MR) is 190 cm³/mol. The van der Waals surface area contributed by atoms with Gasteiger partial charge in [0.2, 0.25) is 0 Å². The van der Waals surface area contributed by atoms with Crippen molar-refractivity contribution >= 4 is 41.6 Å². The number of aryl methyl sites for hydroxylation is 1. The fourth-order valence-corrected chi connectivity index (χ4v) is 8.68. The first-order valence-electron chi connectivity index (χ1n) is 17.7. The standard InChI is InChI=1S/C37H42BN9O2/c1-22-40-13-9-32(42-22)44-14-10-24(11-15-44)20-47-33-28(43-35(47)29-17-25-4-3-12-41-34(25)45(29)19-23-5-6-23)16-26(18-30(33)49-2)36(48)46-21-27-7-8-31(46)37(27,38)39/h3-4,9,12-13,16-18,23-24,27,31H,5-8,10-11,14-15,19-21,39H2,1-2H3/t27?,31?,37-/m0/s1. The summed E-state index contributed by atoms with van der Waals surface area (Å²) in [6.07, 6.45) is 10.0. The molecule has 49 heavy (non-hydrogen) atoms. The number of amides is 1. The van der Waals surface area contributed by atoms with Gasteiger partial charge in [-0.05, 0) is 99.6 Å². The van der Waals surface area contributed by atoms with Crippen LogP contribution in [0.4, 0.5) is 5.82 Å². The number of rotatable bonds is 8. The molecular formula is C37H42BN9O2. The van der Waals surface area contributed by atoms with Gasteiger partial charge in [-0.2, -0.15) is 0 Å². The molecule has 2 N–H and O–H groups in total. The van der Waals surface area contributed by atoms with Crippen molar-refractivity contribution < 1.29 is 9.53 Å². The first-order chi connectivity index (χ1) is 23.8. The number of nitrogens with two attached hydrogens (primary N) is 1. The summed E-state index contributed by atoms with van der Waals surface area (Å²) in [5.74, 6) is 4.43. The molecule has 2 radical (unpaired) electrons. The van der Waals surface area contributed by atoms with Crippen molar-refractivity contribution in [1.82, 2.24) is 34.0 Å². The highest BCUT2D eigenvalue weighted by Crippen LogP contribution is 2.44. The number of ether oxygens (including phenoxy) is 1. The number of likely N-dealkylation sites (tertiary alicyclic amines) is 1. The second kappa shape index (κ2) is 11.6. The summed E-state index contributed by atoms with van der Waals surface area (Å²) in [6, 6.07) is 12.0. The Morgan fingerprint density at radius 3 is 2.49 bits per heavy atom. The summed E-state index contributed by atoms with van der Waals surface area (Å²) in [4.78, 5) is 37.4. The van der Waals surface area contributed by atoms with Gasteiger partial charge in [0.05, 0.1) is 26.2 Å². The third kappa shape index (κ3) is 5.18. The number of hydrogen-bond donors (Lipinski definition) is 1. The van der Waals surface area contributed by atoms with E-state index in [2.05, 4.69) is 36.1 Å². The maximum absolute atomic E-state index is 14.1. The number of benzene rings is 1. The summed E-state index contributed by atoms with van der Waals surface area (Å²) >= 11 is 0. The molecule has 2 aliphatic carbocycles. The topological polar surface area (TPSA) is 120 Å². The number of carbonyl (C=O) groups excluding carboxylic acids is 1. The number of imidazole rings is 1. The number of carbonyl (C=O) groups is 1. The normalized spacial score (nSPS) is 24.1. The van der Waals surface area contributed by atoms with E-state index in [1.54, 1.807) is 7.11 Å². The Morgan fingerprint density at radius 2 is 1.78 bits per heavy atom. The zero-order valence-electron chi connectivity index (χ0n) is 28.3. The van der Waals surface area contributed by atoms with Gasteiger partial charge in [0, 0.05) is 67.5 Å². The third-order valence-electron chi connectivity index (χ3n) is 11.6. The molecule has 2 saturated carbocycles. The Morgan fingerprint density at radius 1 is 0.980 bits per heavy atom. The van der Waals surface area contributed by atoms with Gasteiger partial charge in [0.25, 0.3) is 5.91 Å². The number of fused-ring (bicyclic) bond motifs is 4. The lowest BCUT2D eigenvalue weighted by Crippen LogP contribution is -2.52. The highest BCUT2D eigenvalue weighted by Gasteiger charge is 2.54. The Labute approximate surface area is 287 Å². The first kappa shape index (κ1) is 30.6. The van der Waals surface area contributed by atoms with Gasteiger partial charge in [0.15, 0.2) is 5.82 Å². The number of methoxy groups -OCH3 is 1. The molecule has 2 unspecified atom stereocenters. The van der Waals surface area contributed by atoms with Crippen LogP contribution in [0.5, 0.6) is 5.75 Å². The molecule has 4 fully saturated rings. The SMILES string of the molecule is [B][C@]1(N)C2CCC1N(C(=O)c1cc(OC)c3c(c1)nc(-c1cc4cccnc4n1CC1CC1)n3CC1CCN(c3ccnc(C)n3)CC1)C2. The van der Waals surface area contributed by atoms with Gasteiger partial charge in [0.1, 0.15) is 28.6 Å². The van der Waals surface area contributed by atoms with E-state index in [9.17, 15) is 4.79 Å². The lowest BCUT2D eigenvalue weighted by Gasteiger charge is -2.33. The van der Waals surface area contributed by atoms with Crippen LogP contribution in [0.15, 0.2) is 48.8 Å². The molecule has 4 aromatic heterocycles. The molecule has 1 aromatic carbocycles. The van der Waals surface area contributed by atoms with Crippen LogP contribution in [0.2, 0.25) is 0 Å². The molecule has 250 valence electrons. The number of pyridine rings is 1. The summed E-state index contributed by atoms with van der Waals surface area (Å²) in [7, 11) is 8.20. The lowest BCUT2D eigenvalue weighted by molar-refractivity contribution is 0.0697. The van der Waals surface area contributed by atoms with Gasteiger partial charge in [-0.1, -0.05) is 0 Å². The number of piperidine rings is 2. The molecule has 0 spiro atoms. The molecule has 2 saturated heterocycles. The number of hydrogen-bond acceptors (Lipinski definition) is 8. The van der Waals surface area contributed by atoms with Crippen LogP contribution < -0.4 is 15.4 Å². The fraction of sp³-hybridized carbons (Fsp3) is 0.486. The molecule has 11 nitrogen and oxygen atoms in total. The van der Waals surface area contributed by atoms with E-state index < -0.39 is 5.44 Å². The molecule has 1 amide bonds. The lowest BCUT2D eigenvalue weighted by atomic mass is 9.71. The predicted octanol–water partition coefficient (Wildman–Crippen LogP) is 4.54. The van der Waals surface area contributed by atoms with Crippen LogP contribution in [0.25, 0.3) is 33.6 Å². The van der Waals surface area contributed by atoms with Gasteiger partial charge < -0.3 is 29.4 Å². The summed E-state index contributed by atoms with van der Waals surface area (Å²) in [5.41, 5.74) is 9.92. The van der Waals surface area contributed by atoms with Crippen molar-refractivity contribution in [3.63, 3.8) is 0 Å². The number of anilines is 1. The first-order valence-corrected chi connectivity index (χ1v) is 17.7. The summed E-state index contributed by atoms with van der Waals surface area (Å²) < 4.78 is 10.8. The Balaban J connectivity index is 1.12. The van der Waals surface area contributed by atoms with Crippen LogP contribution in [-0.4, -0.2) is 85.9 Å². The van der Waals surface area contributed by atoms with Crippen LogP contribution >= 0.6 is 0 Å². The highest BCUT2D eigenvalue weighted by atomic mass is 16.5. The molecule has 4 aliphatic rings. The van der Waals surface area contributed by atoms with Crippen LogP contribution in [0.1, 0.15) is 54.7 Å². The van der Waals surface area contributed by atoms with E-state index in [1.807, 2.05) is 48.5 Å². The maximum Gasteiger partial charge on any atom is 0.254 e. The molecule has 2 aliphatic heterocycles. The third-order valence-corrected chi connectivity index (χ3v) is 11.6. The zero-order chi connectivity index (χ0) is 33.4. The second-order valence-electron chi connectivity index (χ2n) is 14.7. The van der Waals surface area contributed by atoms with E-state index in [0.29, 0.717) is 29.7 Å². The molecule has 6 heterocycles. The Bertz CT molecular complexity index is 2080. The van der Waals surface area contributed by atoms with Crippen molar-refractivity contribution in [3.8, 4) is 17.3 Å². The molecule has 3 atom stereocenters. The van der Waals surface area contributed by atoms with Crippen LogP contribution in [0, 0.1) is 24.7 Å². The monoisotopic (exact) mass is 655 g/mol. The van der Waals surface area contributed by atoms with E-state index in [-0.39, 0.29) is 17.9 Å². The molecular weight excluding hydrogens is 613 g/mol. The van der Waals surface area contributed by atoms with E-state index in [0.717, 1.165) is 97.1 Å². The maximum atomic E-state index is 14.1. The van der Waals surface area contributed by atoms with Crippen molar-refractivity contribution in [2.24, 2.45) is 23.5 Å². The number of nitrogens with zero attached hydrogens (tertiary/aromatic N) is 8.